The monoisotopic (exact) mass is 269 g/mol. The summed E-state index contributed by atoms with van der Waals surface area (Å²) in [5.74, 6) is -0.806. The number of nitrogens with zero attached hydrogens (tertiary/aromatic N) is 1. The van der Waals surface area contributed by atoms with Crippen LogP contribution in [0.4, 0.5) is 5.69 Å². The highest BCUT2D eigenvalue weighted by Crippen LogP contribution is 2.19. The first kappa shape index (κ1) is 14.1. The van der Waals surface area contributed by atoms with Crippen LogP contribution in [-0.4, -0.2) is 24.2 Å². The lowest BCUT2D eigenvalue weighted by molar-refractivity contribution is -0.138. The zero-order valence-corrected chi connectivity index (χ0v) is 11.8. The van der Waals surface area contributed by atoms with E-state index < -0.39 is 12.0 Å². The highest BCUT2D eigenvalue weighted by Gasteiger charge is 2.23. The number of carbonyl (C=O) groups is 1. The van der Waals surface area contributed by atoms with E-state index >= 15 is 0 Å². The second-order valence-electron chi connectivity index (χ2n) is 4.93. The molecule has 0 saturated heterocycles. The minimum atomic E-state index is -0.806. The molecular formula is C17H19NO2. The maximum absolute atomic E-state index is 11.6. The van der Waals surface area contributed by atoms with Gasteiger partial charge in [0.1, 0.15) is 6.04 Å². The fraction of sp³-hybridized carbons (Fsp3) is 0.235. The molecule has 1 unspecified atom stereocenters. The third-order valence-electron chi connectivity index (χ3n) is 3.59. The lowest BCUT2D eigenvalue weighted by Crippen LogP contribution is -2.40. The van der Waals surface area contributed by atoms with E-state index in [0.717, 1.165) is 16.8 Å². The summed E-state index contributed by atoms with van der Waals surface area (Å²) in [6.45, 7) is 2.01. The van der Waals surface area contributed by atoms with Crippen LogP contribution >= 0.6 is 0 Å². The van der Waals surface area contributed by atoms with Gasteiger partial charge in [-0.05, 0) is 30.2 Å². The molecule has 2 aromatic carbocycles. The van der Waals surface area contributed by atoms with E-state index in [2.05, 4.69) is 0 Å². The van der Waals surface area contributed by atoms with Crippen LogP contribution in [0.25, 0.3) is 0 Å². The van der Waals surface area contributed by atoms with Crippen molar-refractivity contribution in [1.82, 2.24) is 0 Å². The molecular weight excluding hydrogens is 250 g/mol. The van der Waals surface area contributed by atoms with Gasteiger partial charge < -0.3 is 10.0 Å². The Morgan fingerprint density at radius 2 is 1.70 bits per heavy atom. The Morgan fingerprint density at radius 3 is 2.30 bits per heavy atom. The van der Waals surface area contributed by atoms with Crippen molar-refractivity contribution in [3.8, 4) is 0 Å². The summed E-state index contributed by atoms with van der Waals surface area (Å²) >= 11 is 0. The molecule has 0 fully saturated rings. The van der Waals surface area contributed by atoms with Crippen molar-refractivity contribution < 1.29 is 9.90 Å². The van der Waals surface area contributed by atoms with Gasteiger partial charge in [-0.3, -0.25) is 0 Å². The van der Waals surface area contributed by atoms with Gasteiger partial charge >= 0.3 is 5.97 Å². The third kappa shape index (κ3) is 3.18. The Kier molecular flexibility index (Phi) is 4.41. The topological polar surface area (TPSA) is 40.5 Å². The molecule has 0 amide bonds. The van der Waals surface area contributed by atoms with Crippen LogP contribution in [0.15, 0.2) is 54.6 Å². The summed E-state index contributed by atoms with van der Waals surface area (Å²) < 4.78 is 0. The number of hydrogen-bond donors (Lipinski definition) is 1. The molecule has 20 heavy (non-hydrogen) atoms. The third-order valence-corrected chi connectivity index (χ3v) is 3.59. The van der Waals surface area contributed by atoms with Crippen LogP contribution in [0, 0.1) is 6.92 Å². The van der Waals surface area contributed by atoms with E-state index in [0.29, 0.717) is 6.42 Å². The average Bonchev–Trinajstić information content (AvgIpc) is 2.46. The smallest absolute Gasteiger partial charge is 0.326 e. The number of para-hydroxylation sites is 1. The van der Waals surface area contributed by atoms with Gasteiger partial charge in [-0.25, -0.2) is 4.79 Å². The summed E-state index contributed by atoms with van der Waals surface area (Å²) in [7, 11) is 1.83. The average molecular weight is 269 g/mol. The van der Waals surface area contributed by atoms with E-state index in [1.165, 1.54) is 0 Å². The van der Waals surface area contributed by atoms with Crippen LogP contribution in [0.3, 0.4) is 0 Å². The summed E-state index contributed by atoms with van der Waals surface area (Å²) in [6.07, 6.45) is 0.493. The first-order chi connectivity index (χ1) is 9.59. The van der Waals surface area contributed by atoms with Gasteiger partial charge in [-0.15, -0.1) is 0 Å². The van der Waals surface area contributed by atoms with Gasteiger partial charge in [0.05, 0.1) is 0 Å². The molecule has 2 aromatic rings. The molecule has 2 rings (SSSR count). The molecule has 0 aliphatic rings. The molecule has 0 radical (unpaired) electrons. The maximum atomic E-state index is 11.6. The molecule has 0 aliphatic heterocycles. The summed E-state index contributed by atoms with van der Waals surface area (Å²) in [5.41, 5.74) is 3.11. The fourth-order valence-corrected chi connectivity index (χ4v) is 2.28. The lowest BCUT2D eigenvalue weighted by Gasteiger charge is -2.27. The number of carboxylic acids is 1. The van der Waals surface area contributed by atoms with Gasteiger partial charge in [0.15, 0.2) is 0 Å². The van der Waals surface area contributed by atoms with Crippen LogP contribution in [0.1, 0.15) is 11.1 Å². The zero-order valence-electron chi connectivity index (χ0n) is 11.8. The Balaban J connectivity index is 2.24. The fourth-order valence-electron chi connectivity index (χ4n) is 2.28. The predicted molar refractivity (Wildman–Crippen MR) is 81.2 cm³/mol. The summed E-state index contributed by atoms with van der Waals surface area (Å²) in [5, 5.41) is 9.52. The van der Waals surface area contributed by atoms with Crippen LogP contribution in [-0.2, 0) is 11.2 Å². The van der Waals surface area contributed by atoms with Crippen LogP contribution < -0.4 is 4.90 Å². The van der Waals surface area contributed by atoms with Gasteiger partial charge in [-0.1, -0.05) is 42.5 Å². The Morgan fingerprint density at radius 1 is 1.10 bits per heavy atom. The molecule has 1 atom stereocenters. The molecule has 0 aromatic heterocycles. The van der Waals surface area contributed by atoms with Gasteiger partial charge in [-0.2, -0.15) is 0 Å². The van der Waals surface area contributed by atoms with E-state index in [4.69, 9.17) is 0 Å². The summed E-state index contributed by atoms with van der Waals surface area (Å²) in [6, 6.07) is 17.0. The molecule has 104 valence electrons. The van der Waals surface area contributed by atoms with Crippen molar-refractivity contribution >= 4 is 11.7 Å². The van der Waals surface area contributed by atoms with Crippen molar-refractivity contribution in [3.05, 3.63) is 65.7 Å². The summed E-state index contributed by atoms with van der Waals surface area (Å²) in [4.78, 5) is 13.4. The van der Waals surface area contributed by atoms with Crippen LogP contribution in [0.5, 0.6) is 0 Å². The molecule has 3 nitrogen and oxygen atoms in total. The highest BCUT2D eigenvalue weighted by atomic mass is 16.4. The number of likely N-dealkylation sites (N-methyl/N-ethyl adjacent to an activating group) is 1. The molecule has 0 aliphatic carbocycles. The number of benzene rings is 2. The van der Waals surface area contributed by atoms with E-state index in [1.54, 1.807) is 0 Å². The second-order valence-corrected chi connectivity index (χ2v) is 4.93. The predicted octanol–water partition coefficient (Wildman–Crippen LogP) is 3.13. The molecule has 0 bridgehead atoms. The largest absolute Gasteiger partial charge is 0.480 e. The number of aliphatic carboxylic acids is 1. The minimum absolute atomic E-state index is 0.493. The van der Waals surface area contributed by atoms with Crippen molar-refractivity contribution in [2.24, 2.45) is 0 Å². The van der Waals surface area contributed by atoms with Crippen LogP contribution in [0.2, 0.25) is 0 Å². The zero-order chi connectivity index (χ0) is 14.5. The maximum Gasteiger partial charge on any atom is 0.326 e. The number of hydrogen-bond acceptors (Lipinski definition) is 2. The normalized spacial score (nSPS) is 11.9. The van der Waals surface area contributed by atoms with Crippen molar-refractivity contribution in [1.29, 1.82) is 0 Å². The Bertz CT molecular complexity index is 581. The van der Waals surface area contributed by atoms with E-state index in [9.17, 15) is 9.90 Å². The molecule has 0 heterocycles. The lowest BCUT2D eigenvalue weighted by atomic mass is 10.00. The molecule has 0 saturated carbocycles. The first-order valence-corrected chi connectivity index (χ1v) is 6.65. The van der Waals surface area contributed by atoms with Gasteiger partial charge in [0, 0.05) is 19.2 Å². The van der Waals surface area contributed by atoms with E-state index in [-0.39, 0.29) is 0 Å². The first-order valence-electron chi connectivity index (χ1n) is 6.65. The highest BCUT2D eigenvalue weighted by molar-refractivity contribution is 5.78. The minimum Gasteiger partial charge on any atom is -0.480 e. The number of aryl methyl sites for hydroxylation is 1. The van der Waals surface area contributed by atoms with Gasteiger partial charge in [0.2, 0.25) is 0 Å². The van der Waals surface area contributed by atoms with Crippen molar-refractivity contribution in [2.45, 2.75) is 19.4 Å². The molecule has 1 N–H and O–H groups in total. The van der Waals surface area contributed by atoms with Crippen molar-refractivity contribution in [2.75, 3.05) is 11.9 Å². The quantitative estimate of drug-likeness (QED) is 0.906. The Hall–Kier alpha value is -2.29. The standard InChI is InChI=1S/C17H19NO2/c1-13-8-6-7-9-14(13)12-16(17(19)20)18(2)15-10-4-3-5-11-15/h3-11,16H,12H2,1-2H3,(H,19,20). The number of anilines is 1. The van der Waals surface area contributed by atoms with Gasteiger partial charge in [0.25, 0.3) is 0 Å². The Labute approximate surface area is 119 Å². The molecule has 3 heteroatoms. The van der Waals surface area contributed by atoms with Crippen molar-refractivity contribution in [3.63, 3.8) is 0 Å². The van der Waals surface area contributed by atoms with E-state index in [1.807, 2.05) is 73.5 Å². The number of rotatable bonds is 5. The number of carboxylic acid groups (broad SMARTS) is 1. The SMILES string of the molecule is Cc1ccccc1CC(C(=O)O)N(C)c1ccccc1. The molecule has 0 spiro atoms. The second kappa shape index (κ2) is 6.24.